The summed E-state index contributed by atoms with van der Waals surface area (Å²) in [4.78, 5) is 200. The molecule has 0 saturated carbocycles. The van der Waals surface area contributed by atoms with Gasteiger partial charge in [-0.05, 0) is 195 Å². The number of Topliss-reactive ketones (excluding diaryl/α,β-unsaturated/α-hetero) is 1. The van der Waals surface area contributed by atoms with E-state index in [1.165, 1.54) is 69.2 Å². The van der Waals surface area contributed by atoms with Crippen LogP contribution >= 0.6 is 0 Å². The molecule has 0 aromatic rings. The minimum atomic E-state index is -2.14. The van der Waals surface area contributed by atoms with Crippen molar-refractivity contribution < 1.29 is 82.4 Å². The summed E-state index contributed by atoms with van der Waals surface area (Å²) in [6.45, 7) is 50.7. The lowest BCUT2D eigenvalue weighted by Gasteiger charge is -2.35. The van der Waals surface area contributed by atoms with Crippen LogP contribution in [-0.4, -0.2) is 207 Å². The summed E-state index contributed by atoms with van der Waals surface area (Å²) < 4.78 is 0. The van der Waals surface area contributed by atoms with Crippen molar-refractivity contribution in [3.05, 3.63) is 45.1 Å². The smallest absolute Gasteiger partial charge is 0.268 e. The maximum Gasteiger partial charge on any atom is 0.268 e. The molecule has 0 saturated heterocycles. The second-order valence-corrected chi connectivity index (χ2v) is 35.1. The maximum absolute atomic E-state index is 14.5. The lowest BCUT2D eigenvalue weighted by Crippen LogP contribution is -2.66. The number of aliphatic hydroxyl groups is 3. The summed E-state index contributed by atoms with van der Waals surface area (Å²) in [5.74, 6) is -14.6. The van der Waals surface area contributed by atoms with Gasteiger partial charge in [0.05, 0.1) is 16.8 Å². The number of hydrogen-bond donors (Lipinski definition) is 17. The third kappa shape index (κ3) is 33.6. The van der Waals surface area contributed by atoms with E-state index in [9.17, 15) is 82.4 Å². The quantitative estimate of drug-likeness (QED) is 0.0303. The Labute approximate surface area is 684 Å². The lowest BCUT2D eigenvalue weighted by atomic mass is 9.78. The van der Waals surface area contributed by atoms with Crippen LogP contribution in [0.5, 0.6) is 0 Å². The number of allylic oxidation sites excluding steroid dienone is 4. The van der Waals surface area contributed by atoms with Gasteiger partial charge < -0.3 is 94.7 Å². The lowest BCUT2D eigenvalue weighted by molar-refractivity contribution is -0.147. The predicted molar refractivity (Wildman–Crippen MR) is 444 cm³/mol. The molecule has 0 spiro atoms. The summed E-state index contributed by atoms with van der Waals surface area (Å²) in [7, 11) is 3.96. The number of carbonyl (C=O) groups excluding carboxylic acids is 14. The van der Waals surface area contributed by atoms with Crippen LogP contribution < -0.4 is 74.4 Å². The molecule has 12 atom stereocenters. The minimum absolute atomic E-state index is 0.0441. The molecular weight excluding hydrogens is 1480 g/mol. The number of nitrogens with zero attached hydrogens (tertiary/aromatic N) is 1. The molecule has 0 aliphatic carbocycles. The molecule has 0 fully saturated rings. The van der Waals surface area contributed by atoms with Crippen LogP contribution in [0.1, 0.15) is 247 Å². The number of ketones is 1. The van der Waals surface area contributed by atoms with Crippen LogP contribution in [0, 0.1) is 46.8 Å². The SMILES string of the molecule is CC/C(C)=C(\NC(=O)[C@H](C)NC(=O)/C(NC(=O)[C@@H](NC(=O)C(C)(C)C(=O)[C@@H](C)CC(C)C)[C@](C)(O)CC)=C(/C)CC)C(=O)N[C@@H](C(=O)NC(C(=O)N[C@@H](C(=O)N[C@H](C(=O)N/C(C(=O)N[C@@H](C)C(=O)N[C@@H](C(=O)N[C@H](C(=O)NC(CN[C@@H](CN(C)C)C(C)C)=C(C)C)C(C)C)C(C)C)=C(\C)CC)C(C)(C)O)C(C)(C)O)C(C)C)C(C)C. The third-order valence-corrected chi connectivity index (χ3v) is 20.4. The fourth-order valence-electron chi connectivity index (χ4n) is 11.9. The van der Waals surface area contributed by atoms with Crippen molar-refractivity contribution >= 4 is 82.6 Å². The second-order valence-electron chi connectivity index (χ2n) is 35.1. The van der Waals surface area contributed by atoms with E-state index in [4.69, 9.17) is 0 Å². The van der Waals surface area contributed by atoms with Crippen molar-refractivity contribution in [3.63, 3.8) is 0 Å². The number of carbonyl (C=O) groups is 14. The molecule has 1 unspecified atom stereocenters. The van der Waals surface area contributed by atoms with Crippen LogP contribution in [-0.2, 0) is 67.1 Å². The zero-order valence-electron chi connectivity index (χ0n) is 75.3. The molecule has 32 heteroatoms. The van der Waals surface area contributed by atoms with Gasteiger partial charge >= 0.3 is 0 Å². The van der Waals surface area contributed by atoms with Crippen LogP contribution in [0.3, 0.4) is 0 Å². The van der Waals surface area contributed by atoms with Crippen molar-refractivity contribution in [1.29, 1.82) is 0 Å². The number of rotatable bonds is 47. The van der Waals surface area contributed by atoms with Crippen LogP contribution in [0.15, 0.2) is 45.1 Å². The van der Waals surface area contributed by atoms with Gasteiger partial charge in [-0.3, -0.25) is 67.1 Å². The maximum atomic E-state index is 14.5. The standard InChI is InChI=1S/C83H147N15O17/c1-34-48(19)60(73(106)85-52(23)67(100)88-57(45(13)14)70(103)89-56(44(11)12)69(102)87-54(42(7)8)39-84-55(43(9)10)40-98(32)33)93-76(109)63(81(27,28)113)96-77(110)64(82(29,30)114)95-72(105)59(47(17)18)90-71(104)58(46(15)16)91-75(108)62(50(21)36-3)92-68(101)53(24)86-74(107)61(49(20)35-2)94-78(111)65(83(31,115)37-4)97-79(112)80(25,26)66(99)51(22)38-41(5)6/h41,43-47,51-53,55-59,63-65,84,113-115H,34-40H2,1-33H3,(H,85,106)(H,86,107)(H,87,102)(H,88,100)(H,89,103)(H,90,104)(H,91,108)(H,92,101)(H,93,109)(H,94,111)(H,95,105)(H,96,110)(H,97,112)/b60-48+,61-49+,62-50-/t51-,52-,53-,55-,56-,57+,58+,59?,63+,64-,65+,83+/m0/s1. The molecule has 0 aliphatic heterocycles. The van der Waals surface area contributed by atoms with E-state index < -0.39 is 177 Å². The molecule has 0 aromatic carbocycles. The Morgan fingerprint density at radius 2 is 0.713 bits per heavy atom. The fourth-order valence-corrected chi connectivity index (χ4v) is 11.9. The van der Waals surface area contributed by atoms with Gasteiger partial charge in [-0.15, -0.1) is 0 Å². The highest BCUT2D eigenvalue weighted by atomic mass is 16.3. The molecule has 0 radical (unpaired) electrons. The van der Waals surface area contributed by atoms with Crippen molar-refractivity contribution in [1.82, 2.24) is 79.3 Å². The van der Waals surface area contributed by atoms with Crippen molar-refractivity contribution in [2.45, 2.75) is 324 Å². The summed E-state index contributed by atoms with van der Waals surface area (Å²) in [6, 6.07) is -13.3. The van der Waals surface area contributed by atoms with Gasteiger partial charge in [0.1, 0.15) is 76.9 Å². The number of amides is 13. The highest BCUT2D eigenvalue weighted by Crippen LogP contribution is 2.28. The van der Waals surface area contributed by atoms with Crippen molar-refractivity contribution in [2.24, 2.45) is 46.8 Å². The summed E-state index contributed by atoms with van der Waals surface area (Å²) in [5, 5.41) is 71.9. The van der Waals surface area contributed by atoms with Crippen molar-refractivity contribution in [3.8, 4) is 0 Å². The Kier molecular flexibility index (Phi) is 43.6. The van der Waals surface area contributed by atoms with E-state index in [1.54, 1.807) is 104 Å². The molecule has 17 N–H and O–H groups in total. The first-order valence-corrected chi connectivity index (χ1v) is 40.4. The van der Waals surface area contributed by atoms with E-state index in [0.717, 1.165) is 12.1 Å². The zero-order chi connectivity index (χ0) is 89.9. The molecule has 115 heavy (non-hydrogen) atoms. The molecule has 13 amide bonds. The first-order chi connectivity index (χ1) is 52.5. The van der Waals surface area contributed by atoms with Gasteiger partial charge in [0.15, 0.2) is 5.78 Å². The molecular formula is C83H147N15O17. The van der Waals surface area contributed by atoms with Crippen LogP contribution in [0.2, 0.25) is 0 Å². The molecule has 656 valence electrons. The Hall–Kier alpha value is -8.46. The van der Waals surface area contributed by atoms with E-state index in [2.05, 4.69) is 93.2 Å². The molecule has 0 aromatic heterocycles. The van der Waals surface area contributed by atoms with Gasteiger partial charge in [0.2, 0.25) is 59.1 Å². The van der Waals surface area contributed by atoms with E-state index in [-0.39, 0.29) is 72.0 Å². The van der Waals surface area contributed by atoms with Gasteiger partial charge in [0.25, 0.3) is 17.7 Å². The summed E-state index contributed by atoms with van der Waals surface area (Å²) in [6.07, 6.45) is 1.04. The first kappa shape index (κ1) is 107. The first-order valence-electron chi connectivity index (χ1n) is 40.4. The van der Waals surface area contributed by atoms with Gasteiger partial charge in [-0.25, -0.2) is 0 Å². The molecule has 0 aliphatic rings. The molecule has 32 nitrogen and oxygen atoms in total. The number of hydrogen-bond acceptors (Lipinski definition) is 19. The Bertz CT molecular complexity index is 3550. The highest BCUT2D eigenvalue weighted by molar-refractivity contribution is 6.09. The van der Waals surface area contributed by atoms with Crippen LogP contribution in [0.25, 0.3) is 0 Å². The minimum Gasteiger partial charge on any atom is -0.388 e. The van der Waals surface area contributed by atoms with Gasteiger partial charge in [-0.1, -0.05) is 123 Å². The predicted octanol–water partition coefficient (Wildman–Crippen LogP) is 3.98. The zero-order valence-corrected chi connectivity index (χ0v) is 75.3. The van der Waals surface area contributed by atoms with E-state index in [0.29, 0.717) is 35.7 Å². The number of nitrogens with one attached hydrogen (secondary N) is 14. The van der Waals surface area contributed by atoms with Gasteiger partial charge in [0, 0.05) is 30.7 Å². The average Bonchev–Trinajstić information content (AvgIpc) is 0.803. The number of likely N-dealkylation sites (N-methyl/N-ethyl adjacent to an activating group) is 1. The normalized spacial score (nSPS) is 16.2. The Morgan fingerprint density at radius 1 is 0.374 bits per heavy atom. The average molecular weight is 1630 g/mol. The van der Waals surface area contributed by atoms with Crippen molar-refractivity contribution in [2.75, 3.05) is 27.2 Å². The van der Waals surface area contributed by atoms with E-state index in [1.807, 2.05) is 41.8 Å². The molecule has 0 bridgehead atoms. The van der Waals surface area contributed by atoms with E-state index >= 15 is 0 Å². The summed E-state index contributed by atoms with van der Waals surface area (Å²) in [5.41, 5.74) is -6.29. The van der Waals surface area contributed by atoms with Crippen LogP contribution in [0.4, 0.5) is 0 Å². The largest absolute Gasteiger partial charge is 0.388 e. The highest BCUT2D eigenvalue weighted by Gasteiger charge is 2.47. The Morgan fingerprint density at radius 3 is 1.07 bits per heavy atom. The monoisotopic (exact) mass is 1630 g/mol. The topological polar surface area (TPSA) is 471 Å². The fraction of sp³-hybridized carbons (Fsp3) is 0.735. The third-order valence-electron chi connectivity index (χ3n) is 20.4. The second kappa shape index (κ2) is 47.1. The Balaban J connectivity index is 6.83. The van der Waals surface area contributed by atoms with Gasteiger partial charge in [-0.2, -0.15) is 0 Å². The summed E-state index contributed by atoms with van der Waals surface area (Å²) >= 11 is 0. The molecule has 0 rings (SSSR count). The molecule has 0 heterocycles.